The maximum absolute atomic E-state index is 12.4. The van der Waals surface area contributed by atoms with Crippen LogP contribution < -0.4 is 5.32 Å². The van der Waals surface area contributed by atoms with Crippen LogP contribution in [0, 0.1) is 13.8 Å². The lowest BCUT2D eigenvalue weighted by Gasteiger charge is -2.17. The molecule has 1 aliphatic rings. The molecule has 1 aromatic heterocycles. The minimum Gasteiger partial charge on any atom is -0.321 e. The zero-order valence-electron chi connectivity index (χ0n) is 13.4. The van der Waals surface area contributed by atoms with Gasteiger partial charge in [0.25, 0.3) is 5.91 Å². The topological polar surface area (TPSA) is 67.2 Å². The SMILES string of the molecule is C=C1c2ccccc2C(=O)N1CC(=O)Nc1c(C)nn(C)c1C. The molecule has 0 radical (unpaired) electrons. The fourth-order valence-electron chi connectivity index (χ4n) is 2.78. The number of carbonyl (C=O) groups excluding carboxylic acids is 2. The molecule has 0 saturated carbocycles. The molecule has 6 nitrogen and oxygen atoms in total. The van der Waals surface area contributed by atoms with Gasteiger partial charge in [0, 0.05) is 23.9 Å². The number of hydrogen-bond acceptors (Lipinski definition) is 3. The Bertz CT molecular complexity index is 800. The van der Waals surface area contributed by atoms with E-state index >= 15 is 0 Å². The molecule has 0 aliphatic carbocycles. The lowest BCUT2D eigenvalue weighted by atomic mass is 10.1. The number of nitrogens with one attached hydrogen (secondary N) is 1. The Balaban J connectivity index is 1.77. The molecule has 6 heteroatoms. The quantitative estimate of drug-likeness (QED) is 0.944. The first kappa shape index (κ1) is 15.0. The van der Waals surface area contributed by atoms with Crippen molar-refractivity contribution in [2.75, 3.05) is 11.9 Å². The Morgan fingerprint density at radius 2 is 1.91 bits per heavy atom. The number of amides is 2. The first-order valence-electron chi connectivity index (χ1n) is 7.30. The van der Waals surface area contributed by atoms with E-state index in [1.54, 1.807) is 16.8 Å². The van der Waals surface area contributed by atoms with Crippen LogP contribution in [0.1, 0.15) is 27.3 Å². The smallest absolute Gasteiger partial charge is 0.259 e. The van der Waals surface area contributed by atoms with Gasteiger partial charge < -0.3 is 5.32 Å². The molecule has 23 heavy (non-hydrogen) atoms. The number of benzene rings is 1. The van der Waals surface area contributed by atoms with Gasteiger partial charge in [0.1, 0.15) is 6.54 Å². The predicted octanol–water partition coefficient (Wildman–Crippen LogP) is 2.10. The second kappa shape index (κ2) is 5.39. The Labute approximate surface area is 134 Å². The molecule has 1 N–H and O–H groups in total. The van der Waals surface area contributed by atoms with Crippen LogP contribution in [0.15, 0.2) is 30.8 Å². The lowest BCUT2D eigenvalue weighted by molar-refractivity contribution is -0.116. The van der Waals surface area contributed by atoms with Gasteiger partial charge in [-0.1, -0.05) is 24.8 Å². The minimum atomic E-state index is -0.272. The molecule has 3 rings (SSSR count). The third-order valence-electron chi connectivity index (χ3n) is 4.11. The average Bonchev–Trinajstić information content (AvgIpc) is 2.90. The summed E-state index contributed by atoms with van der Waals surface area (Å²) in [6.45, 7) is 7.58. The molecule has 2 amide bonds. The molecule has 2 aromatic rings. The number of carbonyl (C=O) groups is 2. The summed E-state index contributed by atoms with van der Waals surface area (Å²) in [5.41, 5.74) is 4.21. The highest BCUT2D eigenvalue weighted by Gasteiger charge is 2.32. The summed E-state index contributed by atoms with van der Waals surface area (Å²) in [7, 11) is 1.82. The molecule has 0 atom stereocenters. The first-order valence-corrected chi connectivity index (χ1v) is 7.30. The van der Waals surface area contributed by atoms with E-state index in [2.05, 4.69) is 17.0 Å². The molecular weight excluding hydrogens is 292 g/mol. The Morgan fingerprint density at radius 1 is 1.26 bits per heavy atom. The van der Waals surface area contributed by atoms with Crippen LogP contribution in [0.5, 0.6) is 0 Å². The summed E-state index contributed by atoms with van der Waals surface area (Å²) < 4.78 is 1.71. The van der Waals surface area contributed by atoms with E-state index in [9.17, 15) is 9.59 Å². The number of hydrogen-bond donors (Lipinski definition) is 1. The van der Waals surface area contributed by atoms with E-state index in [-0.39, 0.29) is 18.4 Å². The third kappa shape index (κ3) is 2.42. The number of aromatic nitrogens is 2. The molecule has 1 aromatic carbocycles. The van der Waals surface area contributed by atoms with Gasteiger partial charge in [-0.2, -0.15) is 5.10 Å². The second-order valence-corrected chi connectivity index (χ2v) is 5.60. The van der Waals surface area contributed by atoms with Crippen molar-refractivity contribution < 1.29 is 9.59 Å². The molecule has 118 valence electrons. The average molecular weight is 310 g/mol. The van der Waals surface area contributed by atoms with Gasteiger partial charge in [-0.25, -0.2) is 0 Å². The molecule has 0 spiro atoms. The standard InChI is InChI=1S/C17H18N4O2/c1-10-16(12(3)20(4)19-10)18-15(22)9-21-11(2)13-7-5-6-8-14(13)17(21)23/h5-8H,2,9H2,1,3-4H3,(H,18,22). The molecule has 0 fully saturated rings. The van der Waals surface area contributed by atoms with Crippen molar-refractivity contribution in [1.29, 1.82) is 0 Å². The van der Waals surface area contributed by atoms with E-state index in [0.717, 1.165) is 17.0 Å². The van der Waals surface area contributed by atoms with Gasteiger partial charge in [0.2, 0.25) is 5.91 Å². The number of aryl methyl sites for hydroxylation is 2. The summed E-state index contributed by atoms with van der Waals surface area (Å²) in [6, 6.07) is 7.23. The van der Waals surface area contributed by atoms with Crippen molar-refractivity contribution in [3.8, 4) is 0 Å². The highest BCUT2D eigenvalue weighted by atomic mass is 16.2. The summed E-state index contributed by atoms with van der Waals surface area (Å²) in [5.74, 6) is -0.466. The molecular formula is C17H18N4O2. The van der Waals surface area contributed by atoms with E-state index in [4.69, 9.17) is 0 Å². The van der Waals surface area contributed by atoms with Gasteiger partial charge in [-0.05, 0) is 19.9 Å². The Kier molecular flexibility index (Phi) is 3.52. The van der Waals surface area contributed by atoms with E-state index < -0.39 is 0 Å². The fraction of sp³-hybridized carbons (Fsp3) is 0.235. The summed E-state index contributed by atoms with van der Waals surface area (Å²) in [6.07, 6.45) is 0. The number of anilines is 1. The Morgan fingerprint density at radius 3 is 2.48 bits per heavy atom. The van der Waals surface area contributed by atoms with Crippen molar-refractivity contribution in [1.82, 2.24) is 14.7 Å². The van der Waals surface area contributed by atoms with Crippen LogP contribution in [0.2, 0.25) is 0 Å². The van der Waals surface area contributed by atoms with Crippen LogP contribution in [-0.4, -0.2) is 33.0 Å². The molecule has 0 bridgehead atoms. The highest BCUT2D eigenvalue weighted by molar-refractivity contribution is 6.11. The third-order valence-corrected chi connectivity index (χ3v) is 4.11. The van der Waals surface area contributed by atoms with Crippen LogP contribution in [0.3, 0.4) is 0 Å². The van der Waals surface area contributed by atoms with E-state index in [1.165, 1.54) is 4.90 Å². The maximum Gasteiger partial charge on any atom is 0.259 e. The summed E-state index contributed by atoms with van der Waals surface area (Å²) in [4.78, 5) is 26.1. The van der Waals surface area contributed by atoms with Gasteiger partial charge in [0.15, 0.2) is 0 Å². The monoisotopic (exact) mass is 310 g/mol. The van der Waals surface area contributed by atoms with Crippen molar-refractivity contribution in [2.45, 2.75) is 13.8 Å². The molecule has 1 aliphatic heterocycles. The van der Waals surface area contributed by atoms with Crippen molar-refractivity contribution in [3.63, 3.8) is 0 Å². The largest absolute Gasteiger partial charge is 0.321 e. The van der Waals surface area contributed by atoms with E-state index in [0.29, 0.717) is 16.9 Å². The number of rotatable bonds is 3. The number of fused-ring (bicyclic) bond motifs is 1. The van der Waals surface area contributed by atoms with Gasteiger partial charge in [0.05, 0.1) is 17.1 Å². The van der Waals surface area contributed by atoms with Crippen molar-refractivity contribution in [2.24, 2.45) is 7.05 Å². The number of nitrogens with zero attached hydrogens (tertiary/aromatic N) is 3. The highest BCUT2D eigenvalue weighted by Crippen LogP contribution is 2.31. The maximum atomic E-state index is 12.4. The van der Waals surface area contributed by atoms with Crippen LogP contribution in [-0.2, 0) is 11.8 Å². The summed E-state index contributed by atoms with van der Waals surface area (Å²) >= 11 is 0. The minimum absolute atomic E-state index is 0.0693. The summed E-state index contributed by atoms with van der Waals surface area (Å²) in [5, 5.41) is 7.10. The fourth-order valence-corrected chi connectivity index (χ4v) is 2.78. The zero-order valence-corrected chi connectivity index (χ0v) is 13.4. The predicted molar refractivity (Wildman–Crippen MR) is 87.8 cm³/mol. The van der Waals surface area contributed by atoms with E-state index in [1.807, 2.05) is 33.0 Å². The molecule has 2 heterocycles. The Hall–Kier alpha value is -2.89. The van der Waals surface area contributed by atoms with Crippen LogP contribution in [0.4, 0.5) is 5.69 Å². The normalized spacial score (nSPS) is 13.4. The van der Waals surface area contributed by atoms with Gasteiger partial charge in [-0.3, -0.25) is 19.2 Å². The molecule has 0 unspecified atom stereocenters. The van der Waals surface area contributed by atoms with Gasteiger partial charge >= 0.3 is 0 Å². The van der Waals surface area contributed by atoms with Crippen molar-refractivity contribution >= 4 is 23.2 Å². The lowest BCUT2D eigenvalue weighted by Crippen LogP contribution is -2.32. The van der Waals surface area contributed by atoms with Crippen molar-refractivity contribution in [3.05, 3.63) is 53.4 Å². The first-order chi connectivity index (χ1) is 10.9. The zero-order chi connectivity index (χ0) is 16.7. The molecule has 0 saturated heterocycles. The second-order valence-electron chi connectivity index (χ2n) is 5.60. The van der Waals surface area contributed by atoms with Gasteiger partial charge in [-0.15, -0.1) is 0 Å². The van der Waals surface area contributed by atoms with Crippen LogP contribution in [0.25, 0.3) is 5.70 Å². The van der Waals surface area contributed by atoms with Crippen LogP contribution >= 0.6 is 0 Å².